The molecule has 3 heterocycles. The van der Waals surface area contributed by atoms with Crippen LogP contribution in [0.5, 0.6) is 0 Å². The molecule has 0 aliphatic heterocycles. The molecule has 8 nitrogen and oxygen atoms in total. The molecule has 0 aliphatic carbocycles. The highest BCUT2D eigenvalue weighted by Gasteiger charge is 2.18. The van der Waals surface area contributed by atoms with Crippen LogP contribution in [-0.4, -0.2) is 34.7 Å². The fourth-order valence-corrected chi connectivity index (χ4v) is 4.61. The number of halogens is 2. The first-order valence-corrected chi connectivity index (χ1v) is 11.9. The molecule has 3 aromatic heterocycles. The molecular formula is C25H21BrFN7O. The summed E-state index contributed by atoms with van der Waals surface area (Å²) >= 11 is 3.38. The average Bonchev–Trinajstić information content (AvgIpc) is 3.50. The normalized spacial score (nSPS) is 11.2. The van der Waals surface area contributed by atoms with Crippen molar-refractivity contribution in [3.8, 4) is 28.3 Å². The van der Waals surface area contributed by atoms with Gasteiger partial charge in [-0.3, -0.25) is 14.1 Å². The molecule has 10 heteroatoms. The maximum atomic E-state index is 14.6. The SMILES string of the molecule is CCCc1cn(-c2c(F)cccc2Br)c(=O)n1Cc1ccc(-c2ncccc2-c2nn[nH]n2)cc1. The zero-order valence-electron chi connectivity index (χ0n) is 18.8. The molecule has 0 spiro atoms. The van der Waals surface area contributed by atoms with E-state index in [1.165, 1.54) is 10.6 Å². The van der Waals surface area contributed by atoms with Crippen LogP contribution in [0.15, 0.2) is 76.3 Å². The van der Waals surface area contributed by atoms with E-state index in [2.05, 4.69) is 41.5 Å². The smallest absolute Gasteiger partial charge is 0.292 e. The Morgan fingerprint density at radius 1 is 1.09 bits per heavy atom. The maximum Gasteiger partial charge on any atom is 0.333 e. The molecule has 0 unspecified atom stereocenters. The van der Waals surface area contributed by atoms with Gasteiger partial charge in [-0.05, 0) is 57.4 Å². The highest BCUT2D eigenvalue weighted by atomic mass is 79.9. The zero-order chi connectivity index (χ0) is 24.4. The first kappa shape index (κ1) is 22.9. The molecule has 1 N–H and O–H groups in total. The maximum absolute atomic E-state index is 14.6. The van der Waals surface area contributed by atoms with Gasteiger partial charge in [0.15, 0.2) is 0 Å². The third-order valence-corrected chi connectivity index (χ3v) is 6.35. The number of hydrogen-bond donors (Lipinski definition) is 1. The van der Waals surface area contributed by atoms with Crippen LogP contribution in [-0.2, 0) is 13.0 Å². The van der Waals surface area contributed by atoms with Crippen molar-refractivity contribution in [3.05, 3.63) is 99.0 Å². The zero-order valence-corrected chi connectivity index (χ0v) is 20.4. The average molecular weight is 534 g/mol. The van der Waals surface area contributed by atoms with Crippen molar-refractivity contribution >= 4 is 15.9 Å². The number of nitrogens with one attached hydrogen (secondary N) is 1. The summed E-state index contributed by atoms with van der Waals surface area (Å²) in [5.41, 5.74) is 4.11. The minimum absolute atomic E-state index is 0.216. The second-order valence-electron chi connectivity index (χ2n) is 8.01. The van der Waals surface area contributed by atoms with Crippen LogP contribution >= 0.6 is 15.9 Å². The van der Waals surface area contributed by atoms with E-state index in [4.69, 9.17) is 0 Å². The quantitative estimate of drug-likeness (QED) is 0.324. The second-order valence-corrected chi connectivity index (χ2v) is 8.87. The summed E-state index contributed by atoms with van der Waals surface area (Å²) in [4.78, 5) is 17.8. The predicted molar refractivity (Wildman–Crippen MR) is 134 cm³/mol. The van der Waals surface area contributed by atoms with Crippen molar-refractivity contribution in [2.45, 2.75) is 26.3 Å². The summed E-state index contributed by atoms with van der Waals surface area (Å²) < 4.78 is 18.2. The van der Waals surface area contributed by atoms with Gasteiger partial charge < -0.3 is 0 Å². The van der Waals surface area contributed by atoms with Gasteiger partial charge in [-0.1, -0.05) is 43.7 Å². The van der Waals surface area contributed by atoms with Gasteiger partial charge in [0.1, 0.15) is 11.5 Å². The highest BCUT2D eigenvalue weighted by molar-refractivity contribution is 9.10. The molecule has 35 heavy (non-hydrogen) atoms. The monoisotopic (exact) mass is 533 g/mol. The number of tetrazole rings is 1. The van der Waals surface area contributed by atoms with Crippen LogP contribution in [0.2, 0.25) is 0 Å². The molecule has 0 fully saturated rings. The number of pyridine rings is 1. The molecule has 0 amide bonds. The lowest BCUT2D eigenvalue weighted by atomic mass is 10.0. The first-order valence-electron chi connectivity index (χ1n) is 11.1. The van der Waals surface area contributed by atoms with Crippen molar-refractivity contribution < 1.29 is 4.39 Å². The number of benzene rings is 2. The van der Waals surface area contributed by atoms with Crippen LogP contribution in [0.1, 0.15) is 24.6 Å². The van der Waals surface area contributed by atoms with Crippen molar-refractivity contribution in [2.75, 3.05) is 0 Å². The van der Waals surface area contributed by atoms with Gasteiger partial charge in [-0.2, -0.15) is 5.21 Å². The second kappa shape index (κ2) is 9.75. The lowest BCUT2D eigenvalue weighted by Gasteiger charge is -2.09. The molecule has 0 radical (unpaired) electrons. The van der Waals surface area contributed by atoms with Crippen LogP contribution in [0, 0.1) is 5.82 Å². The van der Waals surface area contributed by atoms with E-state index in [1.807, 2.05) is 43.3 Å². The van der Waals surface area contributed by atoms with Crippen LogP contribution in [0.3, 0.4) is 0 Å². The van der Waals surface area contributed by atoms with Crippen LogP contribution in [0.25, 0.3) is 28.3 Å². The summed E-state index contributed by atoms with van der Waals surface area (Å²) in [6.07, 6.45) is 5.01. The molecule has 0 aliphatic rings. The van der Waals surface area contributed by atoms with E-state index in [9.17, 15) is 9.18 Å². The fraction of sp³-hybridized carbons (Fsp3) is 0.160. The Balaban J connectivity index is 1.49. The summed E-state index contributed by atoms with van der Waals surface area (Å²) in [7, 11) is 0. The standard InChI is InChI=1S/C25H21BrFN7O/c1-2-5-18-15-34(23-20(26)7-3-8-21(23)27)25(35)33(18)14-16-9-11-17(12-10-16)22-19(6-4-13-28-22)24-29-31-32-30-24/h3-4,6-13,15H,2,5,14H2,1H3,(H,29,30,31,32). The van der Waals surface area contributed by atoms with E-state index in [1.54, 1.807) is 29.1 Å². The minimum atomic E-state index is -0.459. The van der Waals surface area contributed by atoms with Gasteiger partial charge in [0.2, 0.25) is 5.82 Å². The van der Waals surface area contributed by atoms with E-state index in [0.29, 0.717) is 23.3 Å². The number of aromatic nitrogens is 7. The van der Waals surface area contributed by atoms with Crippen molar-refractivity contribution in [1.29, 1.82) is 0 Å². The van der Waals surface area contributed by atoms with Crippen molar-refractivity contribution in [2.24, 2.45) is 0 Å². The Morgan fingerprint density at radius 2 is 1.91 bits per heavy atom. The number of H-pyrrole nitrogens is 1. The fourth-order valence-electron chi connectivity index (χ4n) is 4.07. The summed E-state index contributed by atoms with van der Waals surface area (Å²) in [5, 5.41) is 14.2. The molecule has 5 rings (SSSR count). The Kier molecular flexibility index (Phi) is 6.37. The number of aromatic amines is 1. The van der Waals surface area contributed by atoms with Gasteiger partial charge in [0.25, 0.3) is 0 Å². The Hall–Kier alpha value is -3.92. The lowest BCUT2D eigenvalue weighted by Crippen LogP contribution is -2.25. The van der Waals surface area contributed by atoms with Gasteiger partial charge >= 0.3 is 5.69 Å². The van der Waals surface area contributed by atoms with Crippen molar-refractivity contribution in [3.63, 3.8) is 0 Å². The number of aryl methyl sites for hydroxylation is 1. The Morgan fingerprint density at radius 3 is 2.63 bits per heavy atom. The van der Waals surface area contributed by atoms with Gasteiger partial charge in [-0.25, -0.2) is 9.18 Å². The highest BCUT2D eigenvalue weighted by Crippen LogP contribution is 2.28. The van der Waals surface area contributed by atoms with E-state index in [-0.39, 0.29) is 11.4 Å². The third kappa shape index (κ3) is 4.44. The van der Waals surface area contributed by atoms with Crippen molar-refractivity contribution in [1.82, 2.24) is 34.7 Å². The molecule has 2 aromatic carbocycles. The number of nitrogens with zero attached hydrogens (tertiary/aromatic N) is 6. The molecule has 0 saturated heterocycles. The van der Waals surface area contributed by atoms with Crippen LogP contribution < -0.4 is 5.69 Å². The molecule has 5 aromatic rings. The number of rotatable bonds is 7. The summed E-state index contributed by atoms with van der Waals surface area (Å²) in [6, 6.07) is 16.2. The molecule has 0 atom stereocenters. The number of para-hydroxylation sites is 1. The Bertz CT molecular complexity index is 1500. The Labute approximate surface area is 208 Å². The largest absolute Gasteiger partial charge is 0.333 e. The first-order chi connectivity index (χ1) is 17.1. The van der Waals surface area contributed by atoms with E-state index in [0.717, 1.165) is 34.5 Å². The van der Waals surface area contributed by atoms with Crippen LogP contribution in [0.4, 0.5) is 4.39 Å². The lowest BCUT2D eigenvalue weighted by molar-refractivity contribution is 0.612. The molecule has 0 saturated carbocycles. The minimum Gasteiger partial charge on any atom is -0.292 e. The third-order valence-electron chi connectivity index (χ3n) is 5.71. The van der Waals surface area contributed by atoms with E-state index < -0.39 is 5.82 Å². The number of imidazole rings is 1. The molecule has 0 bridgehead atoms. The summed E-state index contributed by atoms with van der Waals surface area (Å²) in [5.74, 6) is 0.00683. The summed E-state index contributed by atoms with van der Waals surface area (Å²) in [6.45, 7) is 2.42. The molecule has 176 valence electrons. The van der Waals surface area contributed by atoms with Gasteiger partial charge in [0.05, 0.1) is 12.2 Å². The predicted octanol–water partition coefficient (Wildman–Crippen LogP) is 4.78. The van der Waals surface area contributed by atoms with Gasteiger partial charge in [-0.15, -0.1) is 10.2 Å². The topological polar surface area (TPSA) is 94.3 Å². The molecular weight excluding hydrogens is 513 g/mol. The number of hydrogen-bond acceptors (Lipinski definition) is 5. The van der Waals surface area contributed by atoms with Gasteiger partial charge in [0, 0.05) is 33.7 Å². The van der Waals surface area contributed by atoms with E-state index >= 15 is 0 Å².